The topological polar surface area (TPSA) is 59.6 Å². The summed E-state index contributed by atoms with van der Waals surface area (Å²) in [4.78, 5) is 12.3. The molecule has 132 valence electrons. The average Bonchev–Trinajstić information content (AvgIpc) is 2.60. The van der Waals surface area contributed by atoms with Gasteiger partial charge in [0.2, 0.25) is 0 Å². The summed E-state index contributed by atoms with van der Waals surface area (Å²) in [6.07, 6.45) is 0.937. The molecule has 0 bridgehead atoms. The number of ether oxygens (including phenoxy) is 2. The Balaban J connectivity index is 1.97. The van der Waals surface area contributed by atoms with Gasteiger partial charge in [0.05, 0.1) is 17.3 Å². The molecule has 0 aliphatic carbocycles. The van der Waals surface area contributed by atoms with Gasteiger partial charge in [-0.25, -0.2) is 0 Å². The number of amides is 1. The maximum absolute atomic E-state index is 12.3. The Morgan fingerprint density at radius 1 is 1.24 bits per heavy atom. The summed E-state index contributed by atoms with van der Waals surface area (Å²) in [6.45, 7) is 2.70. The van der Waals surface area contributed by atoms with E-state index < -0.39 is 0 Å². The van der Waals surface area contributed by atoms with Gasteiger partial charge in [0.1, 0.15) is 11.5 Å². The molecule has 0 heterocycles. The minimum atomic E-state index is -0.281. The predicted molar refractivity (Wildman–Crippen MR) is 112 cm³/mol. The highest BCUT2D eigenvalue weighted by atomic mass is 127. The molecular formula is C18H19IN2O3S. The zero-order chi connectivity index (χ0) is 18.2. The molecule has 0 aromatic heterocycles. The maximum atomic E-state index is 12.3. The van der Waals surface area contributed by atoms with Crippen LogP contribution in [0.3, 0.4) is 0 Å². The second-order valence-corrected chi connectivity index (χ2v) is 6.70. The summed E-state index contributed by atoms with van der Waals surface area (Å²) in [7, 11) is 1.59. The van der Waals surface area contributed by atoms with E-state index in [-0.39, 0.29) is 11.0 Å². The molecule has 2 aromatic rings. The highest BCUT2D eigenvalue weighted by Crippen LogP contribution is 2.21. The van der Waals surface area contributed by atoms with Crippen LogP contribution in [-0.4, -0.2) is 24.7 Å². The van der Waals surface area contributed by atoms with E-state index in [1.807, 2.05) is 31.2 Å². The standard InChI is InChI=1S/C18H19IN2O3S/c1-3-9-24-14-6-4-5-13(11-14)20-18(25)21-17(22)12-7-8-16(23-2)15(19)10-12/h4-8,10-11H,3,9H2,1-2H3,(H2,20,21,22,25). The van der Waals surface area contributed by atoms with E-state index >= 15 is 0 Å². The van der Waals surface area contributed by atoms with Gasteiger partial charge in [-0.15, -0.1) is 0 Å². The number of carbonyl (C=O) groups excluding carboxylic acids is 1. The number of hydrogen-bond acceptors (Lipinski definition) is 4. The average molecular weight is 470 g/mol. The lowest BCUT2D eigenvalue weighted by atomic mass is 10.2. The molecule has 0 spiro atoms. The van der Waals surface area contributed by atoms with E-state index in [0.717, 1.165) is 27.2 Å². The van der Waals surface area contributed by atoms with Crippen molar-refractivity contribution in [2.45, 2.75) is 13.3 Å². The van der Waals surface area contributed by atoms with Crippen molar-refractivity contribution in [2.24, 2.45) is 0 Å². The number of thiocarbonyl (C=S) groups is 1. The van der Waals surface area contributed by atoms with Gasteiger partial charge in [-0.2, -0.15) is 0 Å². The van der Waals surface area contributed by atoms with Gasteiger partial charge < -0.3 is 14.8 Å². The first kappa shape index (κ1) is 19.5. The van der Waals surface area contributed by atoms with Crippen LogP contribution in [0.1, 0.15) is 23.7 Å². The number of nitrogens with one attached hydrogen (secondary N) is 2. The first-order chi connectivity index (χ1) is 12.0. The smallest absolute Gasteiger partial charge is 0.257 e. The van der Waals surface area contributed by atoms with E-state index in [1.54, 1.807) is 25.3 Å². The van der Waals surface area contributed by atoms with Crippen molar-refractivity contribution < 1.29 is 14.3 Å². The number of carbonyl (C=O) groups is 1. The van der Waals surface area contributed by atoms with Gasteiger partial charge >= 0.3 is 0 Å². The fourth-order valence-corrected chi connectivity index (χ4v) is 2.97. The minimum Gasteiger partial charge on any atom is -0.496 e. The highest BCUT2D eigenvalue weighted by molar-refractivity contribution is 14.1. The molecular weight excluding hydrogens is 451 g/mol. The first-order valence-corrected chi connectivity index (χ1v) is 9.21. The molecule has 0 radical (unpaired) electrons. The van der Waals surface area contributed by atoms with Crippen LogP contribution in [0.15, 0.2) is 42.5 Å². The molecule has 0 saturated carbocycles. The molecule has 25 heavy (non-hydrogen) atoms. The van der Waals surface area contributed by atoms with Crippen molar-refractivity contribution in [3.8, 4) is 11.5 Å². The predicted octanol–water partition coefficient (Wildman–Crippen LogP) is 4.22. The van der Waals surface area contributed by atoms with Crippen LogP contribution in [-0.2, 0) is 0 Å². The van der Waals surface area contributed by atoms with Crippen molar-refractivity contribution in [3.63, 3.8) is 0 Å². The third-order valence-electron chi connectivity index (χ3n) is 3.21. The maximum Gasteiger partial charge on any atom is 0.257 e. The Kier molecular flexibility index (Phi) is 7.45. The highest BCUT2D eigenvalue weighted by Gasteiger charge is 2.11. The lowest BCUT2D eigenvalue weighted by Crippen LogP contribution is -2.34. The van der Waals surface area contributed by atoms with E-state index in [1.165, 1.54) is 0 Å². The van der Waals surface area contributed by atoms with E-state index in [4.69, 9.17) is 21.7 Å². The first-order valence-electron chi connectivity index (χ1n) is 7.72. The quantitative estimate of drug-likeness (QED) is 0.489. The third kappa shape index (κ3) is 5.86. The molecule has 2 aromatic carbocycles. The number of hydrogen-bond donors (Lipinski definition) is 2. The molecule has 0 saturated heterocycles. The molecule has 0 aliphatic heterocycles. The van der Waals surface area contributed by atoms with Gasteiger partial charge in [-0.1, -0.05) is 13.0 Å². The van der Waals surface area contributed by atoms with Crippen LogP contribution >= 0.6 is 34.8 Å². The van der Waals surface area contributed by atoms with Crippen molar-refractivity contribution >= 4 is 51.5 Å². The summed E-state index contributed by atoms with van der Waals surface area (Å²) in [5.74, 6) is 1.20. The van der Waals surface area contributed by atoms with Gasteiger partial charge in [0, 0.05) is 17.3 Å². The normalized spacial score (nSPS) is 10.0. The third-order valence-corrected chi connectivity index (χ3v) is 4.25. The number of methoxy groups -OCH3 is 1. The molecule has 5 nitrogen and oxygen atoms in total. The SMILES string of the molecule is CCCOc1cccc(NC(=S)NC(=O)c2ccc(OC)c(I)c2)c1. The van der Waals surface area contributed by atoms with Crippen molar-refractivity contribution in [3.05, 3.63) is 51.6 Å². The fourth-order valence-electron chi connectivity index (χ4n) is 2.03. The number of benzene rings is 2. The second kappa shape index (κ2) is 9.57. The second-order valence-electron chi connectivity index (χ2n) is 5.13. The zero-order valence-corrected chi connectivity index (χ0v) is 16.9. The molecule has 1 amide bonds. The molecule has 2 rings (SSSR count). The molecule has 0 atom stereocenters. The minimum absolute atomic E-state index is 0.225. The Labute approximate surface area is 166 Å². The van der Waals surface area contributed by atoms with Crippen molar-refractivity contribution in [1.29, 1.82) is 0 Å². The van der Waals surface area contributed by atoms with Gasteiger partial charge in [-0.3, -0.25) is 10.1 Å². The van der Waals surface area contributed by atoms with Crippen LogP contribution in [0.5, 0.6) is 11.5 Å². The number of halogens is 1. The molecule has 2 N–H and O–H groups in total. The van der Waals surface area contributed by atoms with Crippen molar-refractivity contribution in [2.75, 3.05) is 19.0 Å². The summed E-state index contributed by atoms with van der Waals surface area (Å²) in [5, 5.41) is 5.88. The Hall–Kier alpha value is -1.87. The van der Waals surface area contributed by atoms with E-state index in [2.05, 4.69) is 33.2 Å². The largest absolute Gasteiger partial charge is 0.496 e. The van der Waals surface area contributed by atoms with Crippen LogP contribution in [0.25, 0.3) is 0 Å². The summed E-state index contributed by atoms with van der Waals surface area (Å²) in [6, 6.07) is 12.6. The molecule has 7 heteroatoms. The lowest BCUT2D eigenvalue weighted by molar-refractivity contribution is 0.0977. The van der Waals surface area contributed by atoms with E-state index in [9.17, 15) is 4.79 Å². The Morgan fingerprint density at radius 2 is 2.04 bits per heavy atom. The van der Waals surface area contributed by atoms with Gasteiger partial charge in [0.25, 0.3) is 5.91 Å². The zero-order valence-electron chi connectivity index (χ0n) is 14.0. The van der Waals surface area contributed by atoms with Crippen LogP contribution in [0.4, 0.5) is 5.69 Å². The number of anilines is 1. The molecule has 0 aliphatic rings. The Bertz CT molecular complexity index is 768. The van der Waals surface area contributed by atoms with E-state index in [0.29, 0.717) is 12.2 Å². The summed E-state index contributed by atoms with van der Waals surface area (Å²) >= 11 is 7.33. The summed E-state index contributed by atoms with van der Waals surface area (Å²) < 4.78 is 11.6. The van der Waals surface area contributed by atoms with Crippen LogP contribution < -0.4 is 20.1 Å². The van der Waals surface area contributed by atoms with Gasteiger partial charge in [-0.05, 0) is 71.6 Å². The van der Waals surface area contributed by atoms with Crippen LogP contribution in [0, 0.1) is 3.57 Å². The van der Waals surface area contributed by atoms with Crippen molar-refractivity contribution in [1.82, 2.24) is 5.32 Å². The monoisotopic (exact) mass is 470 g/mol. The number of rotatable bonds is 6. The molecule has 0 unspecified atom stereocenters. The Morgan fingerprint density at radius 3 is 2.72 bits per heavy atom. The lowest BCUT2D eigenvalue weighted by Gasteiger charge is -2.12. The summed E-state index contributed by atoms with van der Waals surface area (Å²) in [5.41, 5.74) is 1.26. The van der Waals surface area contributed by atoms with Crippen LogP contribution in [0.2, 0.25) is 0 Å². The fraction of sp³-hybridized carbons (Fsp3) is 0.222. The van der Waals surface area contributed by atoms with Gasteiger partial charge in [0.15, 0.2) is 5.11 Å². The molecule has 0 fully saturated rings.